The molecule has 0 saturated carbocycles. The number of benzene rings is 1. The van der Waals surface area contributed by atoms with Gasteiger partial charge in [0.2, 0.25) is 0 Å². The zero-order chi connectivity index (χ0) is 22.4. The first-order valence-corrected chi connectivity index (χ1v) is 11.2. The van der Waals surface area contributed by atoms with Crippen molar-refractivity contribution in [3.05, 3.63) is 29.8 Å². The van der Waals surface area contributed by atoms with Gasteiger partial charge in [-0.1, -0.05) is 37.8 Å². The second-order valence-corrected chi connectivity index (χ2v) is 7.13. The van der Waals surface area contributed by atoms with E-state index in [1.807, 2.05) is 24.3 Å². The molecule has 0 N–H and O–H groups in total. The molecule has 172 valence electrons. The minimum Gasteiger partial charge on any atom is -0.494 e. The Morgan fingerprint density at radius 3 is 1.87 bits per heavy atom. The number of methoxy groups -OCH3 is 1. The minimum atomic E-state index is -0.471. The van der Waals surface area contributed by atoms with Crippen LogP contribution in [0.4, 0.5) is 0 Å². The molecule has 0 radical (unpaired) electrons. The first kappa shape index (κ1) is 27.0. The van der Waals surface area contributed by atoms with Crippen molar-refractivity contribution in [2.24, 2.45) is 0 Å². The van der Waals surface area contributed by atoms with Crippen molar-refractivity contribution in [2.45, 2.75) is 57.7 Å². The van der Waals surface area contributed by atoms with E-state index in [4.69, 9.17) is 36.5 Å². The van der Waals surface area contributed by atoms with Crippen molar-refractivity contribution in [1.29, 1.82) is 0 Å². The van der Waals surface area contributed by atoms with E-state index in [1.54, 1.807) is 7.11 Å². The van der Waals surface area contributed by atoms with Crippen LogP contribution in [-0.4, -0.2) is 46.8 Å². The van der Waals surface area contributed by atoms with E-state index in [0.29, 0.717) is 39.3 Å². The lowest BCUT2D eigenvalue weighted by molar-refractivity contribution is -0.144. The second-order valence-electron chi connectivity index (χ2n) is 7.13. The lowest BCUT2D eigenvalue weighted by atomic mass is 10.1. The molecule has 0 spiro atoms. The fourth-order valence-corrected chi connectivity index (χ4v) is 2.86. The van der Waals surface area contributed by atoms with Crippen LogP contribution in [0.15, 0.2) is 24.3 Å². The van der Waals surface area contributed by atoms with Gasteiger partial charge < -0.3 is 23.7 Å². The summed E-state index contributed by atoms with van der Waals surface area (Å²) in [6, 6.07) is 7.81. The van der Waals surface area contributed by atoms with E-state index in [2.05, 4.69) is 11.8 Å². The van der Waals surface area contributed by atoms with E-state index >= 15 is 0 Å². The third kappa shape index (κ3) is 14.6. The van der Waals surface area contributed by atoms with Crippen LogP contribution >= 0.6 is 0 Å². The number of rotatable bonds is 20. The van der Waals surface area contributed by atoms with Gasteiger partial charge in [-0.3, -0.25) is 0 Å². The highest BCUT2D eigenvalue weighted by atomic mass is 16.7. The Morgan fingerprint density at radius 2 is 1.29 bits per heavy atom. The maximum absolute atomic E-state index is 5.85. The summed E-state index contributed by atoms with van der Waals surface area (Å²) in [4.78, 5) is 0. The van der Waals surface area contributed by atoms with Crippen molar-refractivity contribution < 1.29 is 23.7 Å². The van der Waals surface area contributed by atoms with E-state index in [0.717, 1.165) is 37.4 Å². The molecule has 5 nitrogen and oxygen atoms in total. The average Bonchev–Trinajstić information content (AvgIpc) is 2.79. The summed E-state index contributed by atoms with van der Waals surface area (Å²) in [6.07, 6.45) is 18.2. The third-order valence-electron chi connectivity index (χ3n) is 4.57. The lowest BCUT2D eigenvalue weighted by Crippen LogP contribution is -2.10. The van der Waals surface area contributed by atoms with E-state index < -0.39 is 6.29 Å². The predicted molar refractivity (Wildman–Crippen MR) is 124 cm³/mol. The van der Waals surface area contributed by atoms with E-state index in [1.165, 1.54) is 25.7 Å². The highest BCUT2D eigenvalue weighted by Gasteiger charge is 2.12. The normalized spacial score (nSPS) is 10.7. The molecular weight excluding hydrogens is 392 g/mol. The van der Waals surface area contributed by atoms with Crippen LogP contribution in [0, 0.1) is 24.7 Å². The predicted octanol–water partition coefficient (Wildman–Crippen LogP) is 5.15. The van der Waals surface area contributed by atoms with E-state index in [9.17, 15) is 0 Å². The monoisotopic (exact) mass is 430 g/mol. The average molecular weight is 431 g/mol. The zero-order valence-corrected chi connectivity index (χ0v) is 19.0. The van der Waals surface area contributed by atoms with Crippen molar-refractivity contribution in [1.82, 2.24) is 0 Å². The van der Waals surface area contributed by atoms with Crippen molar-refractivity contribution in [3.63, 3.8) is 0 Å². The first-order valence-electron chi connectivity index (χ1n) is 11.2. The molecule has 1 aromatic carbocycles. The summed E-state index contributed by atoms with van der Waals surface area (Å²) in [7, 11) is 1.69. The summed E-state index contributed by atoms with van der Waals surface area (Å²) >= 11 is 0. The molecule has 0 fully saturated rings. The molecule has 0 aliphatic rings. The Kier molecular flexibility index (Phi) is 17.4. The van der Waals surface area contributed by atoms with E-state index in [-0.39, 0.29) is 0 Å². The fourth-order valence-electron chi connectivity index (χ4n) is 2.86. The van der Waals surface area contributed by atoms with Gasteiger partial charge in [0.05, 0.1) is 33.0 Å². The summed E-state index contributed by atoms with van der Waals surface area (Å²) < 4.78 is 27.8. The van der Waals surface area contributed by atoms with Gasteiger partial charge in [0.15, 0.2) is 6.29 Å². The van der Waals surface area contributed by atoms with Crippen molar-refractivity contribution >= 4 is 0 Å². The molecule has 0 atom stereocenters. The third-order valence-corrected chi connectivity index (χ3v) is 4.57. The SMILES string of the molecule is C#CCCOC(OCCC#C)c1ccc(OCCCCCCCCOCCOC)cc1. The van der Waals surface area contributed by atoms with Crippen LogP contribution in [0.25, 0.3) is 0 Å². The zero-order valence-electron chi connectivity index (χ0n) is 19.0. The van der Waals surface area contributed by atoms with Gasteiger partial charge in [0.1, 0.15) is 5.75 Å². The molecule has 1 rings (SSSR count). The van der Waals surface area contributed by atoms with Gasteiger partial charge in [0.25, 0.3) is 0 Å². The van der Waals surface area contributed by atoms with Crippen LogP contribution in [0.5, 0.6) is 5.75 Å². The Balaban J connectivity index is 2.18. The lowest BCUT2D eigenvalue weighted by Gasteiger charge is -2.18. The van der Waals surface area contributed by atoms with Crippen LogP contribution in [0.3, 0.4) is 0 Å². The Morgan fingerprint density at radius 1 is 0.710 bits per heavy atom. The fraction of sp³-hybridized carbons (Fsp3) is 0.615. The van der Waals surface area contributed by atoms with Crippen molar-refractivity contribution in [3.8, 4) is 30.4 Å². The molecular formula is C26H38O5. The summed E-state index contributed by atoms with van der Waals surface area (Å²) in [5.41, 5.74) is 0.924. The summed E-state index contributed by atoms with van der Waals surface area (Å²) in [6.45, 7) is 3.79. The quantitative estimate of drug-likeness (QED) is 0.163. The van der Waals surface area contributed by atoms with Gasteiger partial charge >= 0.3 is 0 Å². The van der Waals surface area contributed by atoms with Gasteiger partial charge in [-0.15, -0.1) is 24.7 Å². The molecule has 31 heavy (non-hydrogen) atoms. The molecule has 0 aliphatic heterocycles. The highest BCUT2D eigenvalue weighted by Crippen LogP contribution is 2.22. The second kappa shape index (κ2) is 19.9. The Labute approximate surface area is 188 Å². The molecule has 0 heterocycles. The first-order chi connectivity index (χ1) is 15.3. The topological polar surface area (TPSA) is 46.2 Å². The van der Waals surface area contributed by atoms with Gasteiger partial charge in [0, 0.05) is 32.1 Å². The number of ether oxygens (including phenoxy) is 5. The molecule has 1 aromatic rings. The van der Waals surface area contributed by atoms with Gasteiger partial charge in [-0.05, 0) is 25.0 Å². The number of hydrogen-bond donors (Lipinski definition) is 0. The molecule has 0 bridgehead atoms. The highest BCUT2D eigenvalue weighted by molar-refractivity contribution is 5.28. The minimum absolute atomic E-state index is 0.441. The van der Waals surface area contributed by atoms with Crippen LogP contribution in [-0.2, 0) is 18.9 Å². The standard InChI is InChI=1S/C26H38O5/c1-4-6-19-30-26(31-20-7-5-2)24-14-16-25(17-15-24)29-21-13-11-9-8-10-12-18-28-23-22-27-3/h1-2,14-17,26H,6-13,18-23H2,3H3. The maximum Gasteiger partial charge on any atom is 0.183 e. The molecule has 0 unspecified atom stereocenters. The van der Waals surface area contributed by atoms with Gasteiger partial charge in [-0.25, -0.2) is 0 Å². The maximum atomic E-state index is 5.85. The number of unbranched alkanes of at least 4 members (excludes halogenated alkanes) is 5. The number of hydrogen-bond acceptors (Lipinski definition) is 5. The number of terminal acetylenes is 2. The molecule has 0 amide bonds. The van der Waals surface area contributed by atoms with Crippen LogP contribution in [0.2, 0.25) is 0 Å². The molecule has 0 aliphatic carbocycles. The largest absolute Gasteiger partial charge is 0.494 e. The Hall–Kier alpha value is -2.02. The van der Waals surface area contributed by atoms with Crippen LogP contribution < -0.4 is 4.74 Å². The molecule has 5 heteroatoms. The molecule has 0 saturated heterocycles. The van der Waals surface area contributed by atoms with Crippen LogP contribution in [0.1, 0.15) is 63.2 Å². The summed E-state index contributed by atoms with van der Waals surface area (Å²) in [5.74, 6) is 5.98. The smallest absolute Gasteiger partial charge is 0.183 e. The molecule has 0 aromatic heterocycles. The van der Waals surface area contributed by atoms with Gasteiger partial charge in [-0.2, -0.15) is 0 Å². The Bertz CT molecular complexity index is 594. The van der Waals surface area contributed by atoms with Crippen molar-refractivity contribution in [2.75, 3.05) is 46.8 Å². The summed E-state index contributed by atoms with van der Waals surface area (Å²) in [5, 5.41) is 0.